The molecule has 0 aliphatic heterocycles. The summed E-state index contributed by atoms with van der Waals surface area (Å²) in [6.45, 7) is 4.93. The number of aliphatic hydroxyl groups excluding tert-OH is 1. The van der Waals surface area contributed by atoms with Gasteiger partial charge >= 0.3 is 0 Å². The molecule has 8 atom stereocenters. The Balaban J connectivity index is 1.91. The Morgan fingerprint density at radius 1 is 1.32 bits per heavy atom. The van der Waals surface area contributed by atoms with E-state index < -0.39 is 56.9 Å². The Morgan fingerprint density at radius 3 is 2.57 bits per heavy atom. The van der Waals surface area contributed by atoms with Crippen LogP contribution in [0.4, 0.5) is 8.78 Å². The number of thiol groups is 1. The maximum absolute atomic E-state index is 16.8. The number of rotatable bonds is 1. The molecule has 2 fully saturated rings. The highest BCUT2D eigenvalue weighted by Gasteiger charge is 2.75. The predicted octanol–water partition coefficient (Wildman–Crippen LogP) is 3.09. The normalized spacial score (nSPS) is 52.9. The molecule has 4 nitrogen and oxygen atoms in total. The molecule has 2 N–H and O–H groups in total. The number of hydrogen-bond donors (Lipinski definition) is 3. The van der Waals surface area contributed by atoms with E-state index in [9.17, 15) is 19.8 Å². The van der Waals surface area contributed by atoms with Crippen LogP contribution in [-0.4, -0.2) is 38.5 Å². The fraction of sp³-hybridized carbons (Fsp3) is 0.714. The van der Waals surface area contributed by atoms with E-state index in [0.29, 0.717) is 6.42 Å². The molecule has 0 spiro atoms. The van der Waals surface area contributed by atoms with E-state index in [1.54, 1.807) is 13.8 Å². The highest BCUT2D eigenvalue weighted by atomic mass is 32.1. The SMILES string of the molecule is CC1CC2C3CC(F)=C4CC(=O)C=C[C@]4(C)C3(F)[C@@H](O)C[C@]2(C)[C@@]1(O)C(=O)S. The Bertz CT molecular complexity index is 840. The molecule has 0 aromatic heterocycles. The van der Waals surface area contributed by atoms with Crippen molar-refractivity contribution in [1.82, 2.24) is 0 Å². The van der Waals surface area contributed by atoms with Crippen LogP contribution in [-0.2, 0) is 9.59 Å². The molecular weight excluding hydrogens is 386 g/mol. The first-order valence-corrected chi connectivity index (χ1v) is 10.2. The fourth-order valence-electron chi connectivity index (χ4n) is 6.97. The van der Waals surface area contributed by atoms with Crippen molar-refractivity contribution in [2.45, 2.75) is 63.8 Å². The molecule has 28 heavy (non-hydrogen) atoms. The third-order valence-corrected chi connectivity index (χ3v) is 8.91. The van der Waals surface area contributed by atoms with Crippen LogP contribution in [0.2, 0.25) is 0 Å². The molecule has 0 heterocycles. The molecule has 0 saturated heterocycles. The third kappa shape index (κ3) is 2.03. The molecule has 4 aliphatic carbocycles. The summed E-state index contributed by atoms with van der Waals surface area (Å²) in [5.74, 6) is -2.73. The summed E-state index contributed by atoms with van der Waals surface area (Å²) < 4.78 is 32.0. The van der Waals surface area contributed by atoms with Crippen LogP contribution >= 0.6 is 12.6 Å². The van der Waals surface area contributed by atoms with Crippen LogP contribution < -0.4 is 0 Å². The van der Waals surface area contributed by atoms with Crippen molar-refractivity contribution in [2.75, 3.05) is 0 Å². The standard InChI is InChI=1S/C21H26F2O4S/c1-10-6-12-13-8-15(22)14-7-11(24)4-5-18(14,2)20(13,23)16(25)9-19(12,3)21(10,27)17(26)28/h4-5,10,12-13,16,25,27H,6-9H2,1-3H3,(H,26,28)/t10?,12?,13?,16-,18-,19-,20?,21-/m0/s1. The third-order valence-electron chi connectivity index (χ3n) is 8.57. The Hall–Kier alpha value is -1.05. The summed E-state index contributed by atoms with van der Waals surface area (Å²) in [5.41, 5.74) is -6.46. The highest BCUT2D eigenvalue weighted by Crippen LogP contribution is 2.71. The summed E-state index contributed by atoms with van der Waals surface area (Å²) in [6, 6.07) is 0. The van der Waals surface area contributed by atoms with E-state index in [4.69, 9.17) is 0 Å². The molecule has 4 unspecified atom stereocenters. The largest absolute Gasteiger partial charge is 0.390 e. The van der Waals surface area contributed by atoms with Crippen molar-refractivity contribution in [2.24, 2.45) is 28.6 Å². The Labute approximate surface area is 168 Å². The molecular formula is C21H26F2O4S. The van der Waals surface area contributed by atoms with E-state index in [1.165, 1.54) is 19.1 Å². The molecule has 7 heteroatoms. The molecule has 0 aromatic rings. The maximum atomic E-state index is 16.8. The zero-order chi connectivity index (χ0) is 20.9. The predicted molar refractivity (Wildman–Crippen MR) is 102 cm³/mol. The maximum Gasteiger partial charge on any atom is 0.218 e. The van der Waals surface area contributed by atoms with Gasteiger partial charge in [-0.2, -0.15) is 0 Å². The van der Waals surface area contributed by atoms with Gasteiger partial charge in [0, 0.05) is 29.6 Å². The number of carbonyl (C=O) groups excluding carboxylic acids is 2. The molecule has 154 valence electrons. The van der Waals surface area contributed by atoms with Gasteiger partial charge in [-0.05, 0) is 43.3 Å². The average Bonchev–Trinajstić information content (AvgIpc) is 2.81. The van der Waals surface area contributed by atoms with E-state index in [2.05, 4.69) is 12.6 Å². The van der Waals surface area contributed by atoms with E-state index in [-0.39, 0.29) is 30.6 Å². The van der Waals surface area contributed by atoms with Gasteiger partial charge in [0.05, 0.1) is 6.10 Å². The number of halogens is 2. The van der Waals surface area contributed by atoms with Gasteiger partial charge in [0.15, 0.2) is 11.5 Å². The van der Waals surface area contributed by atoms with Crippen molar-refractivity contribution < 1.29 is 28.6 Å². The number of aliphatic hydroxyl groups is 2. The average molecular weight is 412 g/mol. The number of alkyl halides is 1. The summed E-state index contributed by atoms with van der Waals surface area (Å²) >= 11 is 3.90. The van der Waals surface area contributed by atoms with Gasteiger partial charge in [-0.25, -0.2) is 8.78 Å². The lowest BCUT2D eigenvalue weighted by atomic mass is 9.45. The van der Waals surface area contributed by atoms with Gasteiger partial charge in [-0.3, -0.25) is 9.59 Å². The van der Waals surface area contributed by atoms with Crippen molar-refractivity contribution in [3.63, 3.8) is 0 Å². The Morgan fingerprint density at radius 2 is 1.96 bits per heavy atom. The summed E-state index contributed by atoms with van der Waals surface area (Å²) in [4.78, 5) is 24.1. The second kappa shape index (κ2) is 5.76. The van der Waals surface area contributed by atoms with Crippen LogP contribution in [0.25, 0.3) is 0 Å². The summed E-state index contributed by atoms with van der Waals surface area (Å²) in [5, 5.41) is 21.6. The lowest BCUT2D eigenvalue weighted by Gasteiger charge is -2.62. The van der Waals surface area contributed by atoms with Gasteiger partial charge in [-0.15, -0.1) is 12.6 Å². The van der Waals surface area contributed by atoms with E-state index in [0.717, 1.165) is 0 Å². The minimum absolute atomic E-state index is 0.105. The van der Waals surface area contributed by atoms with Crippen molar-refractivity contribution in [1.29, 1.82) is 0 Å². The van der Waals surface area contributed by atoms with Gasteiger partial charge in [0.25, 0.3) is 0 Å². The molecule has 2 saturated carbocycles. The monoisotopic (exact) mass is 412 g/mol. The van der Waals surface area contributed by atoms with Crippen molar-refractivity contribution >= 4 is 23.5 Å². The number of fused-ring (bicyclic) bond motifs is 5. The zero-order valence-corrected chi connectivity index (χ0v) is 17.1. The van der Waals surface area contributed by atoms with Gasteiger partial charge in [0.2, 0.25) is 5.12 Å². The molecule has 0 aromatic carbocycles. The first-order valence-electron chi connectivity index (χ1n) is 9.76. The minimum atomic E-state index is -2.19. The highest BCUT2D eigenvalue weighted by molar-refractivity contribution is 7.96. The van der Waals surface area contributed by atoms with Crippen LogP contribution in [0.1, 0.15) is 46.5 Å². The molecule has 4 aliphatic rings. The second-order valence-electron chi connectivity index (χ2n) is 9.59. The van der Waals surface area contributed by atoms with Crippen molar-refractivity contribution in [3.05, 3.63) is 23.6 Å². The number of ketones is 1. The van der Waals surface area contributed by atoms with E-state index in [1.807, 2.05) is 0 Å². The summed E-state index contributed by atoms with van der Waals surface area (Å²) in [6.07, 6.45) is 0.902. The number of carbonyl (C=O) groups is 2. The van der Waals surface area contributed by atoms with Gasteiger partial charge < -0.3 is 10.2 Å². The molecule has 4 rings (SSSR count). The first-order chi connectivity index (χ1) is 12.8. The topological polar surface area (TPSA) is 74.6 Å². The van der Waals surface area contributed by atoms with Crippen LogP contribution in [0.5, 0.6) is 0 Å². The number of allylic oxidation sites excluding steroid dienone is 4. The van der Waals surface area contributed by atoms with Crippen molar-refractivity contribution in [3.8, 4) is 0 Å². The Kier molecular flexibility index (Phi) is 4.16. The van der Waals surface area contributed by atoms with Gasteiger partial charge in [0.1, 0.15) is 11.4 Å². The smallest absolute Gasteiger partial charge is 0.218 e. The van der Waals surface area contributed by atoms with Crippen LogP contribution in [0.3, 0.4) is 0 Å². The zero-order valence-electron chi connectivity index (χ0n) is 16.2. The molecule has 0 amide bonds. The minimum Gasteiger partial charge on any atom is -0.390 e. The lowest BCUT2D eigenvalue weighted by Crippen LogP contribution is -2.69. The fourth-order valence-corrected chi connectivity index (χ4v) is 7.45. The number of hydrogen-bond acceptors (Lipinski definition) is 4. The van der Waals surface area contributed by atoms with Gasteiger partial charge in [-0.1, -0.05) is 19.9 Å². The van der Waals surface area contributed by atoms with E-state index >= 15 is 8.78 Å². The quantitative estimate of drug-likeness (QED) is 0.579. The molecule has 0 radical (unpaired) electrons. The van der Waals surface area contributed by atoms with Crippen LogP contribution in [0.15, 0.2) is 23.6 Å². The van der Waals surface area contributed by atoms with Crippen LogP contribution in [0, 0.1) is 28.6 Å². The molecule has 0 bridgehead atoms. The lowest BCUT2D eigenvalue weighted by molar-refractivity contribution is -0.213. The summed E-state index contributed by atoms with van der Waals surface area (Å²) in [7, 11) is 0. The first kappa shape index (κ1) is 20.2. The second-order valence-corrected chi connectivity index (χ2v) is 10.00.